The Morgan fingerprint density at radius 3 is 2.60 bits per heavy atom. The second-order valence-corrected chi connectivity index (χ2v) is 2.89. The molecule has 0 aromatic rings. The summed E-state index contributed by atoms with van der Waals surface area (Å²) in [5.41, 5.74) is 0. The molecule has 0 amide bonds. The van der Waals surface area contributed by atoms with Gasteiger partial charge in [-0.05, 0) is 12.3 Å². The number of hydrogen-bond donors (Lipinski definition) is 1. The fourth-order valence-electron chi connectivity index (χ4n) is 0.508. The van der Waals surface area contributed by atoms with Crippen LogP contribution in [0, 0.1) is 5.92 Å². The molecule has 0 unspecified atom stereocenters. The molecule has 0 fully saturated rings. The molecule has 2 N–H and O–H groups in total. The van der Waals surface area contributed by atoms with Crippen LogP contribution in [0.4, 0.5) is 0 Å². The quantitative estimate of drug-likeness (QED) is 0.296. The van der Waals surface area contributed by atoms with Crippen LogP contribution < -0.4 is 5.84 Å². The van der Waals surface area contributed by atoms with Gasteiger partial charge in [0.15, 0.2) is 0 Å². The third-order valence-electron chi connectivity index (χ3n) is 1.04. The first-order valence-electron chi connectivity index (χ1n) is 3.40. The van der Waals surface area contributed by atoms with Crippen molar-refractivity contribution in [3.63, 3.8) is 0 Å². The van der Waals surface area contributed by atoms with E-state index < -0.39 is 0 Å². The van der Waals surface area contributed by atoms with Crippen LogP contribution in [0.2, 0.25) is 0 Å². The molecule has 0 saturated heterocycles. The molecule has 3 heteroatoms. The van der Waals surface area contributed by atoms with Gasteiger partial charge >= 0.3 is 0 Å². The molecular formula is C7H15ClN2. The molecule has 2 nitrogen and oxygen atoms in total. The second-order valence-electron chi connectivity index (χ2n) is 2.65. The van der Waals surface area contributed by atoms with E-state index in [-0.39, 0.29) is 0 Å². The van der Waals surface area contributed by atoms with E-state index in [1.165, 1.54) is 5.01 Å². The Balaban J connectivity index is 3.36. The van der Waals surface area contributed by atoms with Gasteiger partial charge in [0.1, 0.15) is 6.00 Å². The third kappa shape index (κ3) is 5.92. The Labute approximate surface area is 67.6 Å². The highest BCUT2D eigenvalue weighted by atomic mass is 35.5. The second kappa shape index (κ2) is 5.57. The lowest BCUT2D eigenvalue weighted by atomic mass is 10.1. The molecule has 0 aromatic carbocycles. The smallest absolute Gasteiger partial charge is 0.107 e. The van der Waals surface area contributed by atoms with Gasteiger partial charge in [-0.3, -0.25) is 0 Å². The summed E-state index contributed by atoms with van der Waals surface area (Å²) in [6.45, 7) is 4.32. The van der Waals surface area contributed by atoms with Crippen molar-refractivity contribution >= 4 is 11.6 Å². The average Bonchev–Trinajstić information content (AvgIpc) is 1.87. The largest absolute Gasteiger partial charge is 0.304 e. The highest BCUT2D eigenvalue weighted by molar-refractivity contribution is 6.17. The molecule has 0 rings (SSSR count). The molecule has 0 atom stereocenters. The highest BCUT2D eigenvalue weighted by Gasteiger charge is 1.88. The van der Waals surface area contributed by atoms with Crippen molar-refractivity contribution < 1.29 is 0 Å². The van der Waals surface area contributed by atoms with Crippen LogP contribution in [0.15, 0.2) is 12.3 Å². The molecule has 0 aliphatic carbocycles. The fraction of sp³-hybridized carbons (Fsp3) is 0.714. The predicted molar refractivity (Wildman–Crippen MR) is 45.3 cm³/mol. The maximum absolute atomic E-state index is 5.42. The number of nitrogens with two attached hydrogens (primary N) is 1. The van der Waals surface area contributed by atoms with E-state index in [0.29, 0.717) is 11.9 Å². The van der Waals surface area contributed by atoms with E-state index >= 15 is 0 Å². The number of rotatable bonds is 4. The van der Waals surface area contributed by atoms with Crippen molar-refractivity contribution in [1.29, 1.82) is 0 Å². The Kier molecular flexibility index (Phi) is 5.45. The van der Waals surface area contributed by atoms with Gasteiger partial charge in [-0.2, -0.15) is 0 Å². The number of nitrogens with zero attached hydrogens (tertiary/aromatic N) is 1. The number of hydrogen-bond acceptors (Lipinski definition) is 2. The normalized spacial score (nSPS) is 11.3. The van der Waals surface area contributed by atoms with E-state index in [1.807, 2.05) is 6.08 Å². The van der Waals surface area contributed by atoms with Gasteiger partial charge in [-0.1, -0.05) is 19.9 Å². The molecule has 0 bridgehead atoms. The minimum atomic E-state index is 0.342. The lowest BCUT2D eigenvalue weighted by Crippen LogP contribution is -2.22. The lowest BCUT2D eigenvalue weighted by Gasteiger charge is -2.07. The van der Waals surface area contributed by atoms with E-state index in [9.17, 15) is 0 Å². The van der Waals surface area contributed by atoms with Gasteiger partial charge in [0.2, 0.25) is 0 Å². The summed E-state index contributed by atoms with van der Waals surface area (Å²) in [4.78, 5) is 0. The van der Waals surface area contributed by atoms with E-state index in [0.717, 1.165) is 6.42 Å². The topological polar surface area (TPSA) is 29.3 Å². The monoisotopic (exact) mass is 162 g/mol. The molecule has 0 heterocycles. The molecule has 0 aromatic heterocycles. The number of alkyl halides is 1. The minimum Gasteiger partial charge on any atom is -0.304 e. The van der Waals surface area contributed by atoms with Gasteiger partial charge in [0.25, 0.3) is 0 Å². The summed E-state index contributed by atoms with van der Waals surface area (Å²) in [5.74, 6) is 6.05. The van der Waals surface area contributed by atoms with Gasteiger partial charge in [-0.25, -0.2) is 5.84 Å². The number of halogens is 1. The fourth-order valence-corrected chi connectivity index (χ4v) is 0.588. The first-order chi connectivity index (χ1) is 4.66. The summed E-state index contributed by atoms with van der Waals surface area (Å²) >= 11 is 5.42. The highest BCUT2D eigenvalue weighted by Crippen LogP contribution is 1.99. The Morgan fingerprint density at radius 2 is 2.20 bits per heavy atom. The Morgan fingerprint density at radius 1 is 1.60 bits per heavy atom. The molecule has 60 valence electrons. The lowest BCUT2D eigenvalue weighted by molar-refractivity contribution is 0.457. The first-order valence-corrected chi connectivity index (χ1v) is 3.94. The summed E-state index contributed by atoms with van der Waals surface area (Å²) in [6.07, 6.45) is 4.87. The average molecular weight is 163 g/mol. The van der Waals surface area contributed by atoms with Crippen molar-refractivity contribution in [1.82, 2.24) is 5.01 Å². The molecule has 0 saturated carbocycles. The van der Waals surface area contributed by atoms with Gasteiger partial charge in [0.05, 0.1) is 0 Å². The number of allylic oxidation sites excluding steroid dienone is 1. The van der Waals surface area contributed by atoms with Gasteiger partial charge < -0.3 is 5.01 Å². The maximum atomic E-state index is 5.42. The van der Waals surface area contributed by atoms with E-state index in [2.05, 4.69) is 13.8 Å². The van der Waals surface area contributed by atoms with Crippen LogP contribution in [0.5, 0.6) is 0 Å². The van der Waals surface area contributed by atoms with Crippen molar-refractivity contribution in [2.75, 3.05) is 6.00 Å². The van der Waals surface area contributed by atoms with Gasteiger partial charge in [-0.15, -0.1) is 11.6 Å². The van der Waals surface area contributed by atoms with Crippen LogP contribution in [-0.2, 0) is 0 Å². The summed E-state index contributed by atoms with van der Waals surface area (Å²) < 4.78 is 0. The van der Waals surface area contributed by atoms with Crippen LogP contribution in [0.25, 0.3) is 0 Å². The van der Waals surface area contributed by atoms with Crippen LogP contribution in [-0.4, -0.2) is 11.0 Å². The molecule has 10 heavy (non-hydrogen) atoms. The molecule has 0 aliphatic rings. The maximum Gasteiger partial charge on any atom is 0.107 e. The Bertz CT molecular complexity index is 102. The number of hydrazine groups is 1. The van der Waals surface area contributed by atoms with Crippen LogP contribution in [0.3, 0.4) is 0 Å². The minimum absolute atomic E-state index is 0.342. The molecular weight excluding hydrogens is 148 g/mol. The zero-order chi connectivity index (χ0) is 7.98. The molecule has 0 radical (unpaired) electrons. The summed E-state index contributed by atoms with van der Waals surface area (Å²) in [7, 11) is 0. The van der Waals surface area contributed by atoms with Gasteiger partial charge in [0, 0.05) is 6.20 Å². The standard InChI is InChI=1S/C7H15ClN2/c1-7(2)4-3-5-10(9)6-8/h3,5,7H,4,6,9H2,1-2H3/b5-3-. The van der Waals surface area contributed by atoms with Crippen molar-refractivity contribution in [3.8, 4) is 0 Å². The zero-order valence-electron chi connectivity index (χ0n) is 6.55. The predicted octanol–water partition coefficient (Wildman–Crippen LogP) is 1.92. The Hall–Kier alpha value is -0.210. The van der Waals surface area contributed by atoms with E-state index in [1.54, 1.807) is 6.20 Å². The van der Waals surface area contributed by atoms with Crippen molar-refractivity contribution in [2.24, 2.45) is 11.8 Å². The van der Waals surface area contributed by atoms with Crippen LogP contribution >= 0.6 is 11.6 Å². The van der Waals surface area contributed by atoms with Crippen molar-refractivity contribution in [3.05, 3.63) is 12.3 Å². The van der Waals surface area contributed by atoms with Crippen molar-refractivity contribution in [2.45, 2.75) is 20.3 Å². The third-order valence-corrected chi connectivity index (χ3v) is 1.32. The van der Waals surface area contributed by atoms with E-state index in [4.69, 9.17) is 17.4 Å². The first kappa shape index (κ1) is 9.79. The molecule has 0 spiro atoms. The summed E-state index contributed by atoms with van der Waals surface area (Å²) in [5, 5.41) is 1.45. The summed E-state index contributed by atoms with van der Waals surface area (Å²) in [6, 6.07) is 0.342. The SMILES string of the molecule is CC(C)C/C=C\N(N)CCl. The zero-order valence-corrected chi connectivity index (χ0v) is 7.30. The molecule has 0 aliphatic heterocycles. The van der Waals surface area contributed by atoms with Crippen LogP contribution in [0.1, 0.15) is 20.3 Å².